The molecule has 0 aliphatic carbocycles. The van der Waals surface area contributed by atoms with Gasteiger partial charge < -0.3 is 9.47 Å². The van der Waals surface area contributed by atoms with E-state index in [-0.39, 0.29) is 11.6 Å². The SMILES string of the molecule is CCC(C)(C)n1nnnc1[C@@H](c1ccc2ncccc2c1)N1CCN(Cc2ccc3c(c2)OCO3)CC1. The molecule has 2 aromatic heterocycles. The molecule has 6 rings (SSSR count). The van der Waals surface area contributed by atoms with E-state index in [1.807, 2.05) is 23.0 Å². The molecule has 1 saturated heterocycles. The Morgan fingerprint density at radius 3 is 2.65 bits per heavy atom. The van der Waals surface area contributed by atoms with Crippen molar-refractivity contribution in [2.45, 2.75) is 45.3 Å². The van der Waals surface area contributed by atoms with Crippen LogP contribution in [-0.2, 0) is 12.1 Å². The van der Waals surface area contributed by atoms with E-state index < -0.39 is 0 Å². The molecule has 192 valence electrons. The van der Waals surface area contributed by atoms with Crippen LogP contribution >= 0.6 is 0 Å². The van der Waals surface area contributed by atoms with E-state index in [0.29, 0.717) is 6.79 Å². The average Bonchev–Trinajstić information content (AvgIpc) is 3.60. The van der Waals surface area contributed by atoms with E-state index in [1.165, 1.54) is 11.1 Å². The van der Waals surface area contributed by atoms with E-state index in [4.69, 9.17) is 9.47 Å². The Morgan fingerprint density at radius 1 is 0.973 bits per heavy atom. The zero-order chi connectivity index (χ0) is 25.4. The van der Waals surface area contributed by atoms with Gasteiger partial charge in [-0.25, -0.2) is 4.68 Å². The topological polar surface area (TPSA) is 81.4 Å². The summed E-state index contributed by atoms with van der Waals surface area (Å²) in [6.45, 7) is 11.5. The summed E-state index contributed by atoms with van der Waals surface area (Å²) in [6.07, 6.45) is 2.77. The van der Waals surface area contributed by atoms with Crippen LogP contribution in [0.25, 0.3) is 10.9 Å². The maximum atomic E-state index is 5.57. The van der Waals surface area contributed by atoms with Gasteiger partial charge in [0.2, 0.25) is 6.79 Å². The summed E-state index contributed by atoms with van der Waals surface area (Å²) in [4.78, 5) is 9.53. The maximum Gasteiger partial charge on any atom is 0.231 e. The van der Waals surface area contributed by atoms with Crippen LogP contribution in [0, 0.1) is 0 Å². The van der Waals surface area contributed by atoms with Crippen LogP contribution in [-0.4, -0.2) is 68.0 Å². The van der Waals surface area contributed by atoms with E-state index in [0.717, 1.165) is 67.4 Å². The van der Waals surface area contributed by atoms with Gasteiger partial charge in [-0.1, -0.05) is 25.1 Å². The van der Waals surface area contributed by atoms with Crippen LogP contribution in [0.5, 0.6) is 11.5 Å². The molecule has 0 amide bonds. The number of pyridine rings is 1. The molecule has 0 N–H and O–H groups in total. The second-order valence-corrected chi connectivity index (χ2v) is 10.5. The molecule has 2 aliphatic rings. The van der Waals surface area contributed by atoms with Crippen LogP contribution < -0.4 is 9.47 Å². The van der Waals surface area contributed by atoms with Gasteiger partial charge in [-0.2, -0.15) is 0 Å². The highest BCUT2D eigenvalue weighted by Crippen LogP contribution is 2.34. The van der Waals surface area contributed by atoms with E-state index >= 15 is 0 Å². The van der Waals surface area contributed by atoms with Crippen molar-refractivity contribution >= 4 is 10.9 Å². The largest absolute Gasteiger partial charge is 0.454 e. The standard InChI is InChI=1S/C28H33N7O2/c1-4-28(2,3)35-27(30-31-32-35)26(22-8-9-23-21(17-22)6-5-11-29-23)34-14-12-33(13-15-34)18-20-7-10-24-25(16-20)37-19-36-24/h5-11,16-17,26H,4,12-15,18-19H2,1-3H3/t26-/m1/s1. The Kier molecular flexibility index (Phi) is 6.26. The smallest absolute Gasteiger partial charge is 0.231 e. The summed E-state index contributed by atoms with van der Waals surface area (Å²) in [6, 6.07) is 16.8. The molecule has 2 aliphatic heterocycles. The fourth-order valence-electron chi connectivity index (χ4n) is 5.21. The molecule has 1 atom stereocenters. The van der Waals surface area contributed by atoms with Crippen LogP contribution in [0.3, 0.4) is 0 Å². The molecule has 4 aromatic rings. The summed E-state index contributed by atoms with van der Waals surface area (Å²) in [5.41, 5.74) is 3.24. The first kappa shape index (κ1) is 23.8. The number of hydrogen-bond donors (Lipinski definition) is 0. The fourth-order valence-corrected chi connectivity index (χ4v) is 5.21. The molecular weight excluding hydrogens is 466 g/mol. The minimum Gasteiger partial charge on any atom is -0.454 e. The zero-order valence-corrected chi connectivity index (χ0v) is 21.7. The molecule has 0 radical (unpaired) electrons. The minimum atomic E-state index is -0.184. The van der Waals surface area contributed by atoms with Gasteiger partial charge in [0.05, 0.1) is 17.1 Å². The molecule has 0 unspecified atom stereocenters. The molecule has 0 saturated carbocycles. The lowest BCUT2D eigenvalue weighted by atomic mass is 9.98. The molecule has 9 heteroatoms. The van der Waals surface area contributed by atoms with E-state index in [2.05, 4.69) is 87.5 Å². The van der Waals surface area contributed by atoms with Crippen molar-refractivity contribution in [2.75, 3.05) is 33.0 Å². The number of piperazine rings is 1. The van der Waals surface area contributed by atoms with Crippen molar-refractivity contribution in [3.05, 3.63) is 71.7 Å². The Balaban J connectivity index is 1.27. The predicted molar refractivity (Wildman–Crippen MR) is 140 cm³/mol. The molecular formula is C28H33N7O2. The van der Waals surface area contributed by atoms with Crippen molar-refractivity contribution in [2.24, 2.45) is 0 Å². The van der Waals surface area contributed by atoms with Gasteiger partial charge in [-0.05, 0) is 72.2 Å². The zero-order valence-electron chi connectivity index (χ0n) is 21.7. The lowest BCUT2D eigenvalue weighted by molar-refractivity contribution is 0.0973. The van der Waals surface area contributed by atoms with Gasteiger partial charge in [0.15, 0.2) is 17.3 Å². The number of nitrogens with zero attached hydrogens (tertiary/aromatic N) is 7. The van der Waals surface area contributed by atoms with Gasteiger partial charge in [0.25, 0.3) is 0 Å². The number of ether oxygens (including phenoxy) is 2. The summed E-state index contributed by atoms with van der Waals surface area (Å²) in [7, 11) is 0. The third-order valence-corrected chi connectivity index (χ3v) is 7.73. The van der Waals surface area contributed by atoms with Gasteiger partial charge in [0.1, 0.15) is 0 Å². The molecule has 2 aromatic carbocycles. The first-order valence-corrected chi connectivity index (χ1v) is 13.0. The van der Waals surface area contributed by atoms with Crippen molar-refractivity contribution in [3.8, 4) is 11.5 Å². The van der Waals surface area contributed by atoms with Crippen molar-refractivity contribution in [1.29, 1.82) is 0 Å². The number of benzene rings is 2. The Morgan fingerprint density at radius 2 is 1.81 bits per heavy atom. The minimum absolute atomic E-state index is 0.0434. The molecule has 0 bridgehead atoms. The molecule has 1 fully saturated rings. The third kappa shape index (κ3) is 4.65. The van der Waals surface area contributed by atoms with Gasteiger partial charge >= 0.3 is 0 Å². The molecule has 37 heavy (non-hydrogen) atoms. The summed E-state index contributed by atoms with van der Waals surface area (Å²) >= 11 is 0. The quantitative estimate of drug-likeness (QED) is 0.377. The van der Waals surface area contributed by atoms with Crippen LogP contribution in [0.1, 0.15) is 50.2 Å². The third-order valence-electron chi connectivity index (χ3n) is 7.73. The molecule has 0 spiro atoms. The maximum absolute atomic E-state index is 5.57. The first-order chi connectivity index (χ1) is 18.0. The van der Waals surface area contributed by atoms with Crippen molar-refractivity contribution in [1.82, 2.24) is 35.0 Å². The highest BCUT2D eigenvalue weighted by atomic mass is 16.7. The Labute approximate surface area is 217 Å². The highest BCUT2D eigenvalue weighted by Gasteiger charge is 2.34. The van der Waals surface area contributed by atoms with Gasteiger partial charge in [-0.3, -0.25) is 14.8 Å². The summed E-state index contributed by atoms with van der Waals surface area (Å²) in [5, 5.41) is 14.3. The lowest BCUT2D eigenvalue weighted by Crippen LogP contribution is -2.48. The fraction of sp³-hybridized carbons (Fsp3) is 0.429. The Bertz CT molecular complexity index is 1390. The van der Waals surface area contributed by atoms with Crippen molar-refractivity contribution < 1.29 is 9.47 Å². The van der Waals surface area contributed by atoms with Gasteiger partial charge in [0, 0.05) is 44.3 Å². The summed E-state index contributed by atoms with van der Waals surface area (Å²) < 4.78 is 13.1. The highest BCUT2D eigenvalue weighted by molar-refractivity contribution is 5.79. The van der Waals surface area contributed by atoms with Crippen molar-refractivity contribution in [3.63, 3.8) is 0 Å². The summed E-state index contributed by atoms with van der Waals surface area (Å²) in [5.74, 6) is 2.56. The Hall–Kier alpha value is -3.56. The van der Waals surface area contributed by atoms with Crippen LogP contribution in [0.4, 0.5) is 0 Å². The number of tetrazole rings is 1. The number of rotatable bonds is 7. The lowest BCUT2D eigenvalue weighted by Gasteiger charge is -2.39. The van der Waals surface area contributed by atoms with Gasteiger partial charge in [-0.15, -0.1) is 5.10 Å². The van der Waals surface area contributed by atoms with E-state index in [9.17, 15) is 0 Å². The second-order valence-electron chi connectivity index (χ2n) is 10.5. The van der Waals surface area contributed by atoms with E-state index in [1.54, 1.807) is 0 Å². The predicted octanol–water partition coefficient (Wildman–Crippen LogP) is 4.00. The van der Waals surface area contributed by atoms with Crippen LogP contribution in [0.2, 0.25) is 0 Å². The normalized spacial score (nSPS) is 17.4. The first-order valence-electron chi connectivity index (χ1n) is 13.0. The number of hydrogen-bond acceptors (Lipinski definition) is 8. The monoisotopic (exact) mass is 499 g/mol. The molecule has 9 nitrogen and oxygen atoms in total. The second kappa shape index (κ2) is 9.72. The molecule has 4 heterocycles. The van der Waals surface area contributed by atoms with Crippen LogP contribution in [0.15, 0.2) is 54.7 Å². The average molecular weight is 500 g/mol. The number of fused-ring (bicyclic) bond motifs is 2. The number of aromatic nitrogens is 5.